The normalized spacial score (nSPS) is 23.7. The van der Waals surface area contributed by atoms with Crippen LogP contribution in [0.3, 0.4) is 0 Å². The van der Waals surface area contributed by atoms with Crippen molar-refractivity contribution in [2.24, 2.45) is 0 Å². The molecule has 0 N–H and O–H groups in total. The second-order valence-electron chi connectivity index (χ2n) is 8.90. The number of carbonyl (C=O) groups excluding carboxylic acids is 2. The smallest absolute Gasteiger partial charge is 0.261 e. The fourth-order valence-corrected chi connectivity index (χ4v) is 5.41. The van der Waals surface area contributed by atoms with E-state index in [9.17, 15) is 9.59 Å². The largest absolute Gasteiger partial charge is 0.377 e. The molecule has 5 nitrogen and oxygen atoms in total. The van der Waals surface area contributed by atoms with Gasteiger partial charge in [0.15, 0.2) is 0 Å². The molecule has 2 aromatic carbocycles. The molecule has 2 heterocycles. The van der Waals surface area contributed by atoms with Gasteiger partial charge in [0.05, 0.1) is 17.2 Å². The zero-order valence-electron chi connectivity index (χ0n) is 18.0. The van der Waals surface area contributed by atoms with Crippen molar-refractivity contribution in [2.75, 3.05) is 26.2 Å². The van der Waals surface area contributed by atoms with Gasteiger partial charge in [-0.3, -0.25) is 19.4 Å². The molecule has 2 amide bonds. The number of fused-ring (bicyclic) bond motifs is 2. The first-order valence-electron chi connectivity index (χ1n) is 11.6. The summed E-state index contributed by atoms with van der Waals surface area (Å²) in [5.41, 5.74) is 4.04. The number of hydrogen-bond acceptors (Lipinski definition) is 4. The molecule has 0 unspecified atom stereocenters. The molecule has 1 fully saturated rings. The maximum atomic E-state index is 12.5. The minimum atomic E-state index is -0.180. The van der Waals surface area contributed by atoms with Crippen molar-refractivity contribution in [3.8, 4) is 0 Å². The summed E-state index contributed by atoms with van der Waals surface area (Å²) in [6.45, 7) is 3.09. The Morgan fingerprint density at radius 2 is 1.65 bits per heavy atom. The minimum Gasteiger partial charge on any atom is -0.377 e. The highest BCUT2D eigenvalue weighted by molar-refractivity contribution is 6.21. The van der Waals surface area contributed by atoms with Gasteiger partial charge < -0.3 is 4.74 Å². The van der Waals surface area contributed by atoms with E-state index in [-0.39, 0.29) is 17.9 Å². The van der Waals surface area contributed by atoms with Crippen LogP contribution in [0.15, 0.2) is 48.5 Å². The van der Waals surface area contributed by atoms with Crippen molar-refractivity contribution in [1.82, 2.24) is 9.80 Å². The Labute approximate surface area is 184 Å². The molecule has 31 heavy (non-hydrogen) atoms. The topological polar surface area (TPSA) is 49.9 Å². The lowest BCUT2D eigenvalue weighted by Crippen LogP contribution is -2.43. The van der Waals surface area contributed by atoms with E-state index in [1.54, 1.807) is 24.3 Å². The molecule has 0 bridgehead atoms. The number of aryl methyl sites for hydroxylation is 1. The summed E-state index contributed by atoms with van der Waals surface area (Å²) >= 11 is 0. The quantitative estimate of drug-likeness (QED) is 0.520. The van der Waals surface area contributed by atoms with Crippen LogP contribution in [0.2, 0.25) is 0 Å². The second-order valence-corrected chi connectivity index (χ2v) is 8.90. The van der Waals surface area contributed by atoms with Crippen LogP contribution in [0, 0.1) is 0 Å². The molecule has 2 aliphatic heterocycles. The molecule has 0 aromatic heterocycles. The fourth-order valence-electron chi connectivity index (χ4n) is 5.41. The lowest BCUT2D eigenvalue weighted by Gasteiger charge is -2.40. The highest BCUT2D eigenvalue weighted by Crippen LogP contribution is 2.36. The van der Waals surface area contributed by atoms with E-state index >= 15 is 0 Å². The first kappa shape index (κ1) is 20.4. The highest BCUT2D eigenvalue weighted by atomic mass is 16.5. The number of hydrogen-bond donors (Lipinski definition) is 0. The Kier molecular flexibility index (Phi) is 5.88. The van der Waals surface area contributed by atoms with Gasteiger partial charge >= 0.3 is 0 Å². The molecular formula is C26H30N2O3. The summed E-state index contributed by atoms with van der Waals surface area (Å²) in [6, 6.07) is 16.5. The van der Waals surface area contributed by atoms with Crippen molar-refractivity contribution in [3.63, 3.8) is 0 Å². The van der Waals surface area contributed by atoms with Crippen LogP contribution in [-0.2, 0) is 11.2 Å². The van der Waals surface area contributed by atoms with E-state index in [4.69, 9.17) is 4.74 Å². The van der Waals surface area contributed by atoms with Gasteiger partial charge in [-0.1, -0.05) is 36.4 Å². The number of ether oxygens (including phenoxy) is 1. The summed E-state index contributed by atoms with van der Waals surface area (Å²) in [7, 11) is 0. The minimum absolute atomic E-state index is 0.180. The average molecular weight is 419 g/mol. The molecule has 5 heteroatoms. The van der Waals surface area contributed by atoms with E-state index in [1.165, 1.54) is 35.3 Å². The number of piperidine rings is 1. The molecule has 1 saturated heterocycles. The van der Waals surface area contributed by atoms with E-state index in [1.807, 2.05) is 0 Å². The van der Waals surface area contributed by atoms with Crippen molar-refractivity contribution in [1.29, 1.82) is 0 Å². The maximum absolute atomic E-state index is 12.5. The summed E-state index contributed by atoms with van der Waals surface area (Å²) < 4.78 is 6.21. The lowest BCUT2D eigenvalue weighted by atomic mass is 9.86. The zero-order valence-corrected chi connectivity index (χ0v) is 18.0. The summed E-state index contributed by atoms with van der Waals surface area (Å²) in [6.07, 6.45) is 6.81. The standard InChI is InChI=1S/C26H30N2O3/c29-25-22-12-3-4-13-23(22)26(30)28(25)16-7-17-31-20-10-6-15-27(18-20)24-14-5-9-19-8-1-2-11-21(19)24/h1-4,8,11-13,20,24H,5-7,9-10,14-18H2/t20-,24-/m0/s1. The van der Waals surface area contributed by atoms with E-state index in [0.29, 0.717) is 36.7 Å². The van der Waals surface area contributed by atoms with Crippen molar-refractivity contribution in [2.45, 2.75) is 50.7 Å². The summed E-state index contributed by atoms with van der Waals surface area (Å²) in [4.78, 5) is 28.9. The van der Waals surface area contributed by atoms with E-state index in [2.05, 4.69) is 29.2 Å². The number of carbonyl (C=O) groups is 2. The highest BCUT2D eigenvalue weighted by Gasteiger charge is 2.35. The zero-order chi connectivity index (χ0) is 21.2. The third-order valence-electron chi connectivity index (χ3n) is 6.95. The number of benzene rings is 2. The van der Waals surface area contributed by atoms with Gasteiger partial charge in [0, 0.05) is 25.7 Å². The summed E-state index contributed by atoms with van der Waals surface area (Å²) in [5, 5.41) is 0. The van der Waals surface area contributed by atoms with Crippen molar-refractivity contribution < 1.29 is 14.3 Å². The van der Waals surface area contributed by atoms with Crippen molar-refractivity contribution >= 4 is 11.8 Å². The van der Waals surface area contributed by atoms with Gasteiger partial charge in [-0.15, -0.1) is 0 Å². The SMILES string of the molecule is O=C1c2ccccc2C(=O)N1CCCO[C@H]1CCCN([C@H]2CCCc3ccccc32)C1. The molecule has 0 radical (unpaired) electrons. The Morgan fingerprint density at radius 3 is 2.45 bits per heavy atom. The molecule has 2 aromatic rings. The lowest BCUT2D eigenvalue weighted by molar-refractivity contribution is -0.0173. The number of rotatable bonds is 6. The Hall–Kier alpha value is -2.50. The molecule has 0 spiro atoms. The third kappa shape index (κ3) is 4.04. The van der Waals surface area contributed by atoms with Gasteiger partial charge in [-0.2, -0.15) is 0 Å². The molecular weight excluding hydrogens is 388 g/mol. The van der Waals surface area contributed by atoms with E-state index in [0.717, 1.165) is 25.9 Å². The number of imide groups is 1. The van der Waals surface area contributed by atoms with Crippen LogP contribution in [0.5, 0.6) is 0 Å². The second kappa shape index (κ2) is 8.93. The maximum Gasteiger partial charge on any atom is 0.261 e. The van der Waals surface area contributed by atoms with Crippen molar-refractivity contribution in [3.05, 3.63) is 70.8 Å². The summed E-state index contributed by atoms with van der Waals surface area (Å²) in [5.74, 6) is -0.360. The van der Waals surface area contributed by atoms with Crippen LogP contribution in [-0.4, -0.2) is 54.0 Å². The van der Waals surface area contributed by atoms with Crippen LogP contribution < -0.4 is 0 Å². The Balaban J connectivity index is 1.12. The fraction of sp³-hybridized carbons (Fsp3) is 0.462. The predicted octanol–water partition coefficient (Wildman–Crippen LogP) is 4.23. The van der Waals surface area contributed by atoms with Gasteiger partial charge in [-0.05, 0) is 68.3 Å². The number of likely N-dealkylation sites (tertiary alicyclic amines) is 1. The van der Waals surface area contributed by atoms with Gasteiger partial charge in [0.2, 0.25) is 0 Å². The molecule has 162 valence electrons. The van der Waals surface area contributed by atoms with Crippen LogP contribution in [0.25, 0.3) is 0 Å². The van der Waals surface area contributed by atoms with E-state index < -0.39 is 0 Å². The predicted molar refractivity (Wildman–Crippen MR) is 119 cm³/mol. The van der Waals surface area contributed by atoms with Crippen LogP contribution >= 0.6 is 0 Å². The van der Waals surface area contributed by atoms with Gasteiger partial charge in [0.25, 0.3) is 11.8 Å². The Morgan fingerprint density at radius 1 is 0.903 bits per heavy atom. The molecule has 2 atom stereocenters. The molecule has 0 saturated carbocycles. The van der Waals surface area contributed by atoms with Gasteiger partial charge in [-0.25, -0.2) is 0 Å². The molecule has 3 aliphatic rings. The van der Waals surface area contributed by atoms with Crippen LogP contribution in [0.1, 0.15) is 70.0 Å². The van der Waals surface area contributed by atoms with Crippen LogP contribution in [0.4, 0.5) is 0 Å². The molecule has 5 rings (SSSR count). The number of amides is 2. The average Bonchev–Trinajstić information content (AvgIpc) is 3.06. The first-order chi connectivity index (χ1) is 15.2. The monoisotopic (exact) mass is 418 g/mol. The third-order valence-corrected chi connectivity index (χ3v) is 6.95. The Bertz CT molecular complexity index is 938. The first-order valence-corrected chi connectivity index (χ1v) is 11.6. The number of nitrogens with zero attached hydrogens (tertiary/aromatic N) is 2. The molecule has 1 aliphatic carbocycles. The van der Waals surface area contributed by atoms with Gasteiger partial charge in [0.1, 0.15) is 0 Å².